The highest BCUT2D eigenvalue weighted by Gasteiger charge is 2.36. The molecule has 2 aromatic carbocycles. The molecule has 1 amide bonds. The van der Waals surface area contributed by atoms with Gasteiger partial charge in [0.2, 0.25) is 0 Å². The number of piperazine rings is 1. The molecule has 29 heavy (non-hydrogen) atoms. The Hall–Kier alpha value is -2.08. The highest BCUT2D eigenvalue weighted by Crippen LogP contribution is 2.22. The fraction of sp³-hybridized carbons (Fsp3) is 0.364. The van der Waals surface area contributed by atoms with Crippen LogP contribution in [0.15, 0.2) is 48.5 Å². The Bertz CT molecular complexity index is 843. The Morgan fingerprint density at radius 2 is 1.45 bits per heavy atom. The van der Waals surface area contributed by atoms with Crippen molar-refractivity contribution in [2.45, 2.75) is 19.4 Å². The lowest BCUT2D eigenvalue weighted by molar-refractivity contribution is -0.883. The first-order valence-electron chi connectivity index (χ1n) is 9.46. The predicted octanol–water partition coefficient (Wildman–Crippen LogP) is -0.911. The summed E-state index contributed by atoms with van der Waals surface area (Å²) in [5.74, 6) is 0.463. The molecular weight excluding hydrogens is 411 g/mol. The Morgan fingerprint density at radius 1 is 0.966 bits per heavy atom. The fourth-order valence-corrected chi connectivity index (χ4v) is 3.38. The maximum Gasteiger partial charge on any atom is 0.266 e. The second-order valence-electron chi connectivity index (χ2n) is 7.72. The molecule has 1 aliphatic heterocycles. The van der Waals surface area contributed by atoms with Gasteiger partial charge in [-0.15, -0.1) is 0 Å². The number of hydrogen-bond donors (Lipinski definition) is 1. The van der Waals surface area contributed by atoms with Crippen LogP contribution in [0, 0.1) is 0 Å². The number of ether oxygens (including phenoxy) is 1. The number of nitrogens with zero attached hydrogens (tertiary/aromatic N) is 1. The third kappa shape index (κ3) is 5.72. The highest BCUT2D eigenvalue weighted by atomic mass is 35.5. The number of quaternary nitrogens is 1. The summed E-state index contributed by atoms with van der Waals surface area (Å²) in [7, 11) is 2.14. The van der Waals surface area contributed by atoms with Crippen LogP contribution in [0.1, 0.15) is 29.8 Å². The van der Waals surface area contributed by atoms with Crippen molar-refractivity contribution >= 4 is 23.3 Å². The molecular formula is C22H26Cl2N2O3. The highest BCUT2D eigenvalue weighted by molar-refractivity contribution is 6.30. The zero-order valence-electron chi connectivity index (χ0n) is 16.9. The number of nitrogens with one attached hydrogen (secondary N) is 1. The van der Waals surface area contributed by atoms with Gasteiger partial charge in [-0.2, -0.15) is 0 Å². The van der Waals surface area contributed by atoms with Gasteiger partial charge in [0.1, 0.15) is 5.75 Å². The van der Waals surface area contributed by atoms with E-state index in [1.54, 1.807) is 62.4 Å². The zero-order valence-corrected chi connectivity index (χ0v) is 18.4. The van der Waals surface area contributed by atoms with Crippen LogP contribution in [0.4, 0.5) is 0 Å². The fourth-order valence-electron chi connectivity index (χ4n) is 3.25. The molecule has 1 N–H and O–H groups in total. The molecule has 7 heteroatoms. The van der Waals surface area contributed by atoms with Gasteiger partial charge in [0.15, 0.2) is 11.4 Å². The van der Waals surface area contributed by atoms with Crippen molar-refractivity contribution in [2.24, 2.45) is 0 Å². The van der Waals surface area contributed by atoms with E-state index in [0.717, 1.165) is 26.2 Å². The lowest BCUT2D eigenvalue weighted by Crippen LogP contribution is -3.12. The van der Waals surface area contributed by atoms with Crippen LogP contribution < -0.4 is 22.0 Å². The molecule has 1 saturated heterocycles. The van der Waals surface area contributed by atoms with E-state index in [0.29, 0.717) is 21.9 Å². The van der Waals surface area contributed by atoms with Crippen LogP contribution in [0.2, 0.25) is 5.02 Å². The third-order valence-electron chi connectivity index (χ3n) is 5.02. The number of carbonyl (C=O) groups is 2. The Balaban J connectivity index is 0.00000300. The maximum atomic E-state index is 12.8. The van der Waals surface area contributed by atoms with E-state index in [2.05, 4.69) is 7.05 Å². The van der Waals surface area contributed by atoms with Crippen molar-refractivity contribution in [2.75, 3.05) is 33.2 Å². The number of hydrogen-bond acceptors (Lipinski definition) is 3. The van der Waals surface area contributed by atoms with Gasteiger partial charge in [0.05, 0.1) is 33.2 Å². The first kappa shape index (κ1) is 23.2. The van der Waals surface area contributed by atoms with Crippen LogP contribution >= 0.6 is 11.6 Å². The normalized spacial score (nSPS) is 14.8. The smallest absolute Gasteiger partial charge is 0.266 e. The van der Waals surface area contributed by atoms with Gasteiger partial charge in [0, 0.05) is 16.1 Å². The molecule has 1 fully saturated rings. The lowest BCUT2D eigenvalue weighted by Gasteiger charge is -2.35. The predicted molar refractivity (Wildman–Crippen MR) is 109 cm³/mol. The number of halogens is 2. The van der Waals surface area contributed by atoms with Gasteiger partial charge in [-0.25, -0.2) is 0 Å². The number of ketones is 1. The molecule has 0 aliphatic carbocycles. The molecule has 0 spiro atoms. The molecule has 2 aromatic rings. The number of carbonyl (C=O) groups excluding carboxylic acids is 2. The maximum absolute atomic E-state index is 12.8. The minimum absolute atomic E-state index is 0. The van der Waals surface area contributed by atoms with E-state index in [4.69, 9.17) is 16.3 Å². The largest absolute Gasteiger partial charge is 1.00 e. The summed E-state index contributed by atoms with van der Waals surface area (Å²) >= 11 is 5.87. The molecule has 0 saturated carbocycles. The summed E-state index contributed by atoms with van der Waals surface area (Å²) < 4.78 is 5.97. The van der Waals surface area contributed by atoms with Gasteiger partial charge in [-0.1, -0.05) is 11.6 Å². The van der Waals surface area contributed by atoms with Gasteiger partial charge in [-0.3, -0.25) is 9.59 Å². The van der Waals surface area contributed by atoms with Crippen LogP contribution in [-0.4, -0.2) is 55.4 Å². The molecule has 0 bridgehead atoms. The van der Waals surface area contributed by atoms with Gasteiger partial charge in [-0.05, 0) is 62.4 Å². The average Bonchev–Trinajstić information content (AvgIpc) is 2.68. The summed E-state index contributed by atoms with van der Waals surface area (Å²) in [6.45, 7) is 6.95. The third-order valence-corrected chi connectivity index (χ3v) is 5.27. The minimum Gasteiger partial charge on any atom is -1.00 e. The summed E-state index contributed by atoms with van der Waals surface area (Å²) in [6, 6.07) is 13.7. The van der Waals surface area contributed by atoms with Gasteiger partial charge in [0.25, 0.3) is 5.91 Å². The quantitative estimate of drug-likeness (QED) is 0.617. The van der Waals surface area contributed by atoms with Crippen molar-refractivity contribution in [3.8, 4) is 5.75 Å². The molecule has 3 rings (SSSR count). The first-order chi connectivity index (χ1) is 13.3. The molecule has 1 heterocycles. The topological polar surface area (TPSA) is 51.1 Å². The number of rotatable bonds is 5. The van der Waals surface area contributed by atoms with E-state index in [9.17, 15) is 9.59 Å². The van der Waals surface area contributed by atoms with Crippen molar-refractivity contribution in [1.29, 1.82) is 0 Å². The van der Waals surface area contributed by atoms with Crippen molar-refractivity contribution in [1.82, 2.24) is 4.90 Å². The number of benzene rings is 2. The van der Waals surface area contributed by atoms with Gasteiger partial charge >= 0.3 is 0 Å². The molecule has 0 radical (unpaired) electrons. The van der Waals surface area contributed by atoms with Crippen LogP contribution in [0.25, 0.3) is 0 Å². The average molecular weight is 437 g/mol. The van der Waals surface area contributed by atoms with E-state index < -0.39 is 5.60 Å². The standard InChI is InChI=1S/C22H25ClN2O3.ClH/c1-22(2,21(27)25-14-12-24(3)13-15-25)28-19-10-6-17(7-11-19)20(26)16-4-8-18(23)9-5-16;/h4-11H,12-15H2,1-3H3;1H. The second-order valence-corrected chi connectivity index (χ2v) is 8.16. The van der Waals surface area contributed by atoms with E-state index in [1.807, 2.05) is 4.90 Å². The number of amides is 1. The molecule has 5 nitrogen and oxygen atoms in total. The van der Waals surface area contributed by atoms with E-state index >= 15 is 0 Å². The molecule has 156 valence electrons. The Morgan fingerprint density at radius 3 is 1.97 bits per heavy atom. The molecule has 1 aliphatic rings. The Kier molecular flexibility index (Phi) is 7.69. The molecule has 0 unspecified atom stereocenters. The second kappa shape index (κ2) is 9.61. The summed E-state index contributed by atoms with van der Waals surface area (Å²) in [4.78, 5) is 28.7. The minimum atomic E-state index is -0.965. The zero-order chi connectivity index (χ0) is 20.3. The monoisotopic (exact) mass is 436 g/mol. The summed E-state index contributed by atoms with van der Waals surface area (Å²) in [5.41, 5.74) is 0.166. The van der Waals surface area contributed by atoms with Crippen LogP contribution in [-0.2, 0) is 4.79 Å². The summed E-state index contributed by atoms with van der Waals surface area (Å²) in [5, 5.41) is 0.592. The Labute approximate surface area is 183 Å². The van der Waals surface area contributed by atoms with Gasteiger partial charge < -0.3 is 26.9 Å². The van der Waals surface area contributed by atoms with E-state index in [-0.39, 0.29) is 24.1 Å². The lowest BCUT2D eigenvalue weighted by atomic mass is 10.0. The van der Waals surface area contributed by atoms with Crippen molar-refractivity contribution in [3.05, 3.63) is 64.7 Å². The SMILES string of the molecule is C[NH+]1CCN(C(=O)C(C)(C)Oc2ccc(C(=O)c3ccc(Cl)cc3)cc2)CC1.[Cl-]. The van der Waals surface area contributed by atoms with Crippen molar-refractivity contribution < 1.29 is 31.6 Å². The summed E-state index contributed by atoms with van der Waals surface area (Å²) in [6.07, 6.45) is 0. The molecule has 0 atom stereocenters. The molecule has 0 aromatic heterocycles. The van der Waals surface area contributed by atoms with Crippen molar-refractivity contribution in [3.63, 3.8) is 0 Å². The van der Waals surface area contributed by atoms with Crippen LogP contribution in [0.5, 0.6) is 5.75 Å². The first-order valence-corrected chi connectivity index (χ1v) is 9.84. The van der Waals surface area contributed by atoms with E-state index in [1.165, 1.54) is 4.90 Å². The van der Waals surface area contributed by atoms with Crippen LogP contribution in [0.3, 0.4) is 0 Å². The number of likely N-dealkylation sites (N-methyl/N-ethyl adjacent to an activating group) is 1.